The van der Waals surface area contributed by atoms with Gasteiger partial charge in [0.05, 0.1) is 5.69 Å². The second kappa shape index (κ2) is 9.08. The predicted molar refractivity (Wildman–Crippen MR) is 149 cm³/mol. The standard InChI is InChI=1S/C31H27BrN2/c1-31(2,3)24-12-14-25(15-13-24)34-26-16-17-28-23(20-26)18-19-33-30(28)22-10-8-21(9-11-22)27-6-4-5-7-29(27)32/h4-20,34H,1-3H3. The third-order valence-corrected chi connectivity index (χ3v) is 6.84. The average Bonchev–Trinajstić information content (AvgIpc) is 2.84. The second-order valence-corrected chi connectivity index (χ2v) is 10.5. The van der Waals surface area contributed by atoms with Crippen molar-refractivity contribution in [3.63, 3.8) is 0 Å². The van der Waals surface area contributed by atoms with Gasteiger partial charge in [0.15, 0.2) is 0 Å². The van der Waals surface area contributed by atoms with E-state index in [1.807, 2.05) is 12.3 Å². The average molecular weight is 507 g/mol. The summed E-state index contributed by atoms with van der Waals surface area (Å²) in [5.74, 6) is 0. The molecule has 0 unspecified atom stereocenters. The zero-order chi connectivity index (χ0) is 23.7. The fraction of sp³-hybridized carbons (Fsp3) is 0.129. The number of halogens is 1. The fourth-order valence-corrected chi connectivity index (χ4v) is 4.72. The summed E-state index contributed by atoms with van der Waals surface area (Å²) in [6, 6.07) is 34.1. The molecule has 0 saturated heterocycles. The molecule has 1 aromatic heterocycles. The molecule has 0 atom stereocenters. The number of aromatic nitrogens is 1. The maximum atomic E-state index is 4.71. The normalized spacial score (nSPS) is 11.5. The minimum Gasteiger partial charge on any atom is -0.356 e. The molecule has 0 fully saturated rings. The molecule has 0 aliphatic rings. The van der Waals surface area contributed by atoms with Crippen molar-refractivity contribution in [1.29, 1.82) is 0 Å². The molecule has 3 heteroatoms. The Kier molecular flexibility index (Phi) is 5.97. The Bertz CT molecular complexity index is 1450. The molecule has 0 aliphatic heterocycles. The number of pyridine rings is 1. The Morgan fingerprint density at radius 2 is 1.38 bits per heavy atom. The first-order valence-electron chi connectivity index (χ1n) is 11.5. The minimum absolute atomic E-state index is 0.153. The van der Waals surface area contributed by atoms with E-state index in [2.05, 4.69) is 133 Å². The first-order chi connectivity index (χ1) is 16.4. The van der Waals surface area contributed by atoms with Gasteiger partial charge in [-0.05, 0) is 63.9 Å². The summed E-state index contributed by atoms with van der Waals surface area (Å²) in [6.45, 7) is 6.70. The van der Waals surface area contributed by atoms with Gasteiger partial charge in [-0.1, -0.05) is 97.4 Å². The van der Waals surface area contributed by atoms with Crippen LogP contribution < -0.4 is 5.32 Å². The van der Waals surface area contributed by atoms with E-state index in [1.165, 1.54) is 16.7 Å². The van der Waals surface area contributed by atoms with Gasteiger partial charge in [-0.2, -0.15) is 0 Å². The Morgan fingerprint density at radius 3 is 2.09 bits per heavy atom. The van der Waals surface area contributed by atoms with Crippen LogP contribution in [0, 0.1) is 0 Å². The van der Waals surface area contributed by atoms with Gasteiger partial charge in [0.2, 0.25) is 0 Å². The fourth-order valence-electron chi connectivity index (χ4n) is 4.21. The van der Waals surface area contributed by atoms with E-state index in [9.17, 15) is 0 Å². The van der Waals surface area contributed by atoms with Gasteiger partial charge in [0.1, 0.15) is 0 Å². The van der Waals surface area contributed by atoms with E-state index in [1.54, 1.807) is 0 Å². The van der Waals surface area contributed by atoms with E-state index >= 15 is 0 Å². The molecule has 4 aromatic carbocycles. The summed E-state index contributed by atoms with van der Waals surface area (Å²) >= 11 is 3.65. The Morgan fingerprint density at radius 1 is 0.706 bits per heavy atom. The Balaban J connectivity index is 1.42. The van der Waals surface area contributed by atoms with Crippen molar-refractivity contribution in [3.8, 4) is 22.4 Å². The van der Waals surface area contributed by atoms with E-state index in [-0.39, 0.29) is 5.41 Å². The lowest BCUT2D eigenvalue weighted by Gasteiger charge is -2.19. The zero-order valence-corrected chi connectivity index (χ0v) is 21.2. The van der Waals surface area contributed by atoms with Crippen molar-refractivity contribution in [2.75, 3.05) is 5.32 Å². The predicted octanol–water partition coefficient (Wildman–Crippen LogP) is 9.37. The van der Waals surface area contributed by atoms with Crippen LogP contribution in [-0.2, 0) is 5.41 Å². The second-order valence-electron chi connectivity index (χ2n) is 9.61. The molecule has 5 rings (SSSR count). The van der Waals surface area contributed by atoms with Crippen LogP contribution in [0.5, 0.6) is 0 Å². The molecule has 1 heterocycles. The van der Waals surface area contributed by atoms with Crippen molar-refractivity contribution < 1.29 is 0 Å². The molecule has 34 heavy (non-hydrogen) atoms. The number of rotatable bonds is 4. The third kappa shape index (κ3) is 4.62. The van der Waals surface area contributed by atoms with Crippen LogP contribution in [0.4, 0.5) is 11.4 Å². The van der Waals surface area contributed by atoms with Crippen LogP contribution in [0.25, 0.3) is 33.2 Å². The molecule has 0 spiro atoms. The van der Waals surface area contributed by atoms with Gasteiger partial charge < -0.3 is 5.32 Å². The first-order valence-corrected chi connectivity index (χ1v) is 12.3. The zero-order valence-electron chi connectivity index (χ0n) is 19.6. The van der Waals surface area contributed by atoms with Gasteiger partial charge >= 0.3 is 0 Å². The highest BCUT2D eigenvalue weighted by molar-refractivity contribution is 9.10. The number of fused-ring (bicyclic) bond motifs is 1. The lowest BCUT2D eigenvalue weighted by molar-refractivity contribution is 0.590. The van der Waals surface area contributed by atoms with Crippen LogP contribution in [-0.4, -0.2) is 4.98 Å². The van der Waals surface area contributed by atoms with Crippen LogP contribution >= 0.6 is 15.9 Å². The van der Waals surface area contributed by atoms with Crippen LogP contribution in [0.15, 0.2) is 108 Å². The van der Waals surface area contributed by atoms with Crippen molar-refractivity contribution in [2.24, 2.45) is 0 Å². The Labute approximate surface area is 209 Å². The summed E-state index contributed by atoms with van der Waals surface area (Å²) in [6.07, 6.45) is 1.89. The molecular formula is C31H27BrN2. The molecule has 0 saturated carbocycles. The lowest BCUT2D eigenvalue weighted by atomic mass is 9.87. The summed E-state index contributed by atoms with van der Waals surface area (Å²) in [4.78, 5) is 4.71. The first kappa shape index (κ1) is 22.4. The number of nitrogens with zero attached hydrogens (tertiary/aromatic N) is 1. The van der Waals surface area contributed by atoms with E-state index in [0.29, 0.717) is 0 Å². The maximum Gasteiger partial charge on any atom is 0.0780 e. The quantitative estimate of drug-likeness (QED) is 0.262. The summed E-state index contributed by atoms with van der Waals surface area (Å²) in [5.41, 5.74) is 8.11. The maximum absolute atomic E-state index is 4.71. The third-order valence-electron chi connectivity index (χ3n) is 6.15. The Hall–Kier alpha value is -3.43. The highest BCUT2D eigenvalue weighted by atomic mass is 79.9. The van der Waals surface area contributed by atoms with Crippen LogP contribution in [0.2, 0.25) is 0 Å². The molecule has 5 aromatic rings. The number of anilines is 2. The topological polar surface area (TPSA) is 24.9 Å². The van der Waals surface area contributed by atoms with Crippen LogP contribution in [0.3, 0.4) is 0 Å². The highest BCUT2D eigenvalue weighted by Gasteiger charge is 2.13. The molecular weight excluding hydrogens is 480 g/mol. The molecule has 0 bridgehead atoms. The lowest BCUT2D eigenvalue weighted by Crippen LogP contribution is -2.10. The van der Waals surface area contributed by atoms with E-state index in [0.717, 1.165) is 37.9 Å². The van der Waals surface area contributed by atoms with Gasteiger partial charge in [-0.15, -0.1) is 0 Å². The molecule has 0 amide bonds. The van der Waals surface area contributed by atoms with Gasteiger partial charge in [-0.25, -0.2) is 0 Å². The summed E-state index contributed by atoms with van der Waals surface area (Å²) in [5, 5.41) is 5.85. The van der Waals surface area contributed by atoms with Gasteiger partial charge in [0, 0.05) is 33.0 Å². The molecule has 168 valence electrons. The van der Waals surface area contributed by atoms with E-state index in [4.69, 9.17) is 4.98 Å². The SMILES string of the molecule is CC(C)(C)c1ccc(Nc2ccc3c(-c4ccc(-c5ccccc5Br)cc4)nccc3c2)cc1. The molecule has 0 aliphatic carbocycles. The number of hydrogen-bond acceptors (Lipinski definition) is 2. The molecule has 0 radical (unpaired) electrons. The largest absolute Gasteiger partial charge is 0.356 e. The minimum atomic E-state index is 0.153. The monoisotopic (exact) mass is 506 g/mol. The number of nitrogens with one attached hydrogen (secondary N) is 1. The van der Waals surface area contributed by atoms with Gasteiger partial charge in [0.25, 0.3) is 0 Å². The summed E-state index contributed by atoms with van der Waals surface area (Å²) in [7, 11) is 0. The van der Waals surface area contributed by atoms with Gasteiger partial charge in [-0.3, -0.25) is 4.98 Å². The van der Waals surface area contributed by atoms with E-state index < -0.39 is 0 Å². The molecule has 2 nitrogen and oxygen atoms in total. The number of hydrogen-bond donors (Lipinski definition) is 1. The summed E-state index contributed by atoms with van der Waals surface area (Å²) < 4.78 is 1.10. The molecule has 1 N–H and O–H groups in total. The van der Waals surface area contributed by atoms with Crippen molar-refractivity contribution in [3.05, 3.63) is 113 Å². The smallest absolute Gasteiger partial charge is 0.0780 e. The van der Waals surface area contributed by atoms with Crippen LogP contribution in [0.1, 0.15) is 26.3 Å². The number of benzene rings is 4. The van der Waals surface area contributed by atoms with Crippen molar-refractivity contribution >= 4 is 38.1 Å². The highest BCUT2D eigenvalue weighted by Crippen LogP contribution is 2.33. The van der Waals surface area contributed by atoms with Crippen molar-refractivity contribution in [1.82, 2.24) is 4.98 Å². The van der Waals surface area contributed by atoms with Crippen molar-refractivity contribution in [2.45, 2.75) is 26.2 Å².